The number of hydrogen-bond acceptors (Lipinski definition) is 3. The summed E-state index contributed by atoms with van der Waals surface area (Å²) < 4.78 is 18.8. The van der Waals surface area contributed by atoms with Gasteiger partial charge >= 0.3 is 0 Å². The lowest BCUT2D eigenvalue weighted by Crippen LogP contribution is -2.17. The lowest BCUT2D eigenvalue weighted by molar-refractivity contribution is 0.306. The smallest absolute Gasteiger partial charge is 0.140 e. The van der Waals surface area contributed by atoms with Crippen molar-refractivity contribution in [2.45, 2.75) is 26.0 Å². The molecule has 0 heterocycles. The third-order valence-corrected chi connectivity index (χ3v) is 3.04. The van der Waals surface area contributed by atoms with Crippen molar-refractivity contribution in [1.29, 1.82) is 5.26 Å². The van der Waals surface area contributed by atoms with Crippen LogP contribution in [-0.4, -0.2) is 6.04 Å². The second-order valence-electron chi connectivity index (χ2n) is 5.04. The van der Waals surface area contributed by atoms with Crippen LogP contribution < -0.4 is 10.5 Å². The minimum Gasteiger partial charge on any atom is -0.489 e. The molecule has 0 amide bonds. The predicted molar refractivity (Wildman–Crippen MR) is 79.2 cm³/mol. The van der Waals surface area contributed by atoms with Crippen LogP contribution in [0.15, 0.2) is 42.5 Å². The summed E-state index contributed by atoms with van der Waals surface area (Å²) in [7, 11) is 0. The van der Waals surface area contributed by atoms with Crippen LogP contribution in [0.3, 0.4) is 0 Å². The van der Waals surface area contributed by atoms with Crippen LogP contribution in [0.4, 0.5) is 4.39 Å². The maximum atomic E-state index is 13.2. The topological polar surface area (TPSA) is 59.0 Å². The number of ether oxygens (including phenoxy) is 1. The average molecular weight is 284 g/mol. The zero-order valence-electron chi connectivity index (χ0n) is 11.8. The van der Waals surface area contributed by atoms with E-state index in [0.717, 1.165) is 23.3 Å². The summed E-state index contributed by atoms with van der Waals surface area (Å²) in [4.78, 5) is 0. The van der Waals surface area contributed by atoms with Gasteiger partial charge in [-0.2, -0.15) is 5.26 Å². The summed E-state index contributed by atoms with van der Waals surface area (Å²) in [5, 5.41) is 8.79. The molecule has 0 aliphatic carbocycles. The first-order chi connectivity index (χ1) is 10.1. The Bertz CT molecular complexity index is 645. The highest BCUT2D eigenvalue weighted by atomic mass is 19.1. The first-order valence-corrected chi connectivity index (χ1v) is 6.74. The van der Waals surface area contributed by atoms with Crippen molar-refractivity contribution in [2.75, 3.05) is 0 Å². The van der Waals surface area contributed by atoms with Crippen molar-refractivity contribution < 1.29 is 9.13 Å². The van der Waals surface area contributed by atoms with E-state index < -0.39 is 5.82 Å². The minimum atomic E-state index is -0.512. The highest BCUT2D eigenvalue weighted by Crippen LogP contribution is 2.16. The van der Waals surface area contributed by atoms with E-state index in [1.165, 1.54) is 12.1 Å². The molecular weight excluding hydrogens is 267 g/mol. The molecule has 0 spiro atoms. The van der Waals surface area contributed by atoms with Gasteiger partial charge in [-0.05, 0) is 48.7 Å². The first-order valence-electron chi connectivity index (χ1n) is 6.74. The maximum absolute atomic E-state index is 13.2. The summed E-state index contributed by atoms with van der Waals surface area (Å²) in [6.45, 7) is 2.26. The van der Waals surface area contributed by atoms with Gasteiger partial charge in [0.25, 0.3) is 0 Å². The van der Waals surface area contributed by atoms with Gasteiger partial charge in [0, 0.05) is 6.04 Å². The molecule has 4 heteroatoms. The van der Waals surface area contributed by atoms with Crippen molar-refractivity contribution in [3.63, 3.8) is 0 Å². The van der Waals surface area contributed by atoms with Gasteiger partial charge in [0.15, 0.2) is 0 Å². The van der Waals surface area contributed by atoms with Crippen molar-refractivity contribution in [3.8, 4) is 11.8 Å². The SMILES string of the molecule is CC(N)Cc1ccc(OCc2ccc(F)c(C#N)c2)cc1. The number of nitrogens with two attached hydrogens (primary N) is 1. The normalized spacial score (nSPS) is 11.7. The summed E-state index contributed by atoms with van der Waals surface area (Å²) >= 11 is 0. The Kier molecular flexibility index (Phi) is 4.91. The number of hydrogen-bond donors (Lipinski definition) is 1. The van der Waals surface area contributed by atoms with Crippen LogP contribution in [-0.2, 0) is 13.0 Å². The zero-order chi connectivity index (χ0) is 15.2. The molecule has 0 fully saturated rings. The molecular formula is C17H17FN2O. The summed E-state index contributed by atoms with van der Waals surface area (Å²) in [5.41, 5.74) is 7.69. The Labute approximate surface area is 123 Å². The fourth-order valence-electron chi connectivity index (χ4n) is 2.01. The molecule has 21 heavy (non-hydrogen) atoms. The van der Waals surface area contributed by atoms with E-state index >= 15 is 0 Å². The maximum Gasteiger partial charge on any atom is 0.140 e. The van der Waals surface area contributed by atoms with Crippen molar-refractivity contribution in [1.82, 2.24) is 0 Å². The molecule has 1 atom stereocenters. The third kappa shape index (κ3) is 4.30. The van der Waals surface area contributed by atoms with Crippen LogP contribution in [0.25, 0.3) is 0 Å². The van der Waals surface area contributed by atoms with Gasteiger partial charge in [0.1, 0.15) is 24.2 Å². The Morgan fingerprint density at radius 1 is 1.19 bits per heavy atom. The Balaban J connectivity index is 1.98. The number of rotatable bonds is 5. The van der Waals surface area contributed by atoms with E-state index in [1.807, 2.05) is 37.3 Å². The standard InChI is InChI=1S/C17H17FN2O/c1-12(20)8-13-2-5-16(6-3-13)21-11-14-4-7-17(18)15(9-14)10-19/h2-7,9,12H,8,11,20H2,1H3. The highest BCUT2D eigenvalue weighted by molar-refractivity contribution is 5.34. The molecule has 0 aliphatic heterocycles. The van der Waals surface area contributed by atoms with Crippen LogP contribution in [0.2, 0.25) is 0 Å². The molecule has 2 aromatic rings. The molecule has 2 rings (SSSR count). The number of halogens is 1. The molecule has 108 valence electrons. The molecule has 0 bridgehead atoms. The van der Waals surface area contributed by atoms with Crippen molar-refractivity contribution in [3.05, 3.63) is 65.0 Å². The van der Waals surface area contributed by atoms with Gasteiger partial charge in [-0.25, -0.2) is 4.39 Å². The fraction of sp³-hybridized carbons (Fsp3) is 0.235. The fourth-order valence-corrected chi connectivity index (χ4v) is 2.01. The zero-order valence-corrected chi connectivity index (χ0v) is 11.8. The molecule has 0 aliphatic rings. The van der Waals surface area contributed by atoms with Gasteiger partial charge < -0.3 is 10.5 Å². The van der Waals surface area contributed by atoms with E-state index in [4.69, 9.17) is 15.7 Å². The third-order valence-electron chi connectivity index (χ3n) is 3.04. The second-order valence-corrected chi connectivity index (χ2v) is 5.04. The minimum absolute atomic E-state index is 0.0309. The molecule has 0 saturated carbocycles. The average Bonchev–Trinajstić information content (AvgIpc) is 2.47. The van der Waals surface area contributed by atoms with E-state index in [-0.39, 0.29) is 11.6 Å². The van der Waals surface area contributed by atoms with Crippen LogP contribution >= 0.6 is 0 Å². The highest BCUT2D eigenvalue weighted by Gasteiger charge is 2.04. The number of nitrogens with zero attached hydrogens (tertiary/aromatic N) is 1. The molecule has 1 unspecified atom stereocenters. The van der Waals surface area contributed by atoms with Crippen LogP contribution in [0, 0.1) is 17.1 Å². The Morgan fingerprint density at radius 2 is 1.86 bits per heavy atom. The van der Waals surface area contributed by atoms with Crippen molar-refractivity contribution in [2.24, 2.45) is 5.73 Å². The number of benzene rings is 2. The quantitative estimate of drug-likeness (QED) is 0.917. The Hall–Kier alpha value is -2.38. The van der Waals surface area contributed by atoms with E-state index in [0.29, 0.717) is 6.61 Å². The van der Waals surface area contributed by atoms with E-state index in [9.17, 15) is 4.39 Å². The molecule has 0 aromatic heterocycles. The molecule has 3 nitrogen and oxygen atoms in total. The van der Waals surface area contributed by atoms with Crippen LogP contribution in [0.1, 0.15) is 23.6 Å². The molecule has 0 radical (unpaired) electrons. The first kappa shape index (κ1) is 15.0. The van der Waals surface area contributed by atoms with Gasteiger partial charge in [0.2, 0.25) is 0 Å². The monoisotopic (exact) mass is 284 g/mol. The molecule has 2 N–H and O–H groups in total. The molecule has 0 saturated heterocycles. The molecule has 2 aromatic carbocycles. The van der Waals surface area contributed by atoms with E-state index in [1.54, 1.807) is 6.07 Å². The summed E-state index contributed by atoms with van der Waals surface area (Å²) in [6, 6.07) is 14.0. The largest absolute Gasteiger partial charge is 0.489 e. The van der Waals surface area contributed by atoms with E-state index in [2.05, 4.69) is 0 Å². The Morgan fingerprint density at radius 3 is 2.48 bits per heavy atom. The predicted octanol–water partition coefficient (Wildman–Crippen LogP) is 3.17. The summed E-state index contributed by atoms with van der Waals surface area (Å²) in [6.07, 6.45) is 0.823. The lowest BCUT2D eigenvalue weighted by atomic mass is 10.1. The lowest BCUT2D eigenvalue weighted by Gasteiger charge is -2.09. The number of nitriles is 1. The van der Waals surface area contributed by atoms with Gasteiger partial charge in [-0.1, -0.05) is 18.2 Å². The van der Waals surface area contributed by atoms with Gasteiger partial charge in [-0.3, -0.25) is 0 Å². The van der Waals surface area contributed by atoms with Gasteiger partial charge in [-0.15, -0.1) is 0 Å². The van der Waals surface area contributed by atoms with Crippen LogP contribution in [0.5, 0.6) is 5.75 Å². The second kappa shape index (κ2) is 6.87. The van der Waals surface area contributed by atoms with Gasteiger partial charge in [0.05, 0.1) is 5.56 Å². The summed E-state index contributed by atoms with van der Waals surface area (Å²) in [5.74, 6) is 0.216. The van der Waals surface area contributed by atoms with Crippen molar-refractivity contribution >= 4 is 0 Å².